The second kappa shape index (κ2) is 14.9. The largest absolute Gasteiger partial charge is 0.416 e. The van der Waals surface area contributed by atoms with Crippen LogP contribution in [0.4, 0.5) is 18.9 Å². The van der Waals surface area contributed by atoms with Crippen LogP contribution in [0.1, 0.15) is 36.5 Å². The van der Waals surface area contributed by atoms with Crippen LogP contribution >= 0.6 is 23.2 Å². The van der Waals surface area contributed by atoms with Crippen molar-refractivity contribution in [3.05, 3.63) is 99.5 Å². The molecule has 0 saturated heterocycles. The summed E-state index contributed by atoms with van der Waals surface area (Å²) in [4.78, 5) is 28.8. The number of hydrogen-bond donors (Lipinski definition) is 1. The van der Waals surface area contributed by atoms with Gasteiger partial charge in [-0.05, 0) is 47.9 Å². The maximum absolute atomic E-state index is 14.0. The fraction of sp³-hybridized carbons (Fsp3) is 0.333. The molecule has 2 amide bonds. The van der Waals surface area contributed by atoms with E-state index in [1.54, 1.807) is 36.4 Å². The average Bonchev–Trinajstić information content (AvgIpc) is 2.95. The second-order valence-corrected chi connectivity index (χ2v) is 12.7. The van der Waals surface area contributed by atoms with Crippen molar-refractivity contribution in [1.82, 2.24) is 10.2 Å². The first-order valence-electron chi connectivity index (χ1n) is 13.4. The van der Waals surface area contributed by atoms with E-state index in [1.807, 2.05) is 6.92 Å². The SMILES string of the molecule is CCCCNC(=O)[C@@H](Cc1ccccc1)N(Cc1ccc(Cl)c(Cl)c1)C(=O)CN(c1cccc(C(F)(F)F)c1)S(C)(=O)=O. The minimum atomic E-state index is -4.74. The van der Waals surface area contributed by atoms with Crippen LogP contribution in [0, 0.1) is 0 Å². The molecule has 0 fully saturated rings. The Kier molecular flexibility index (Phi) is 11.9. The molecule has 0 aliphatic carbocycles. The monoisotopic (exact) mass is 657 g/mol. The Balaban J connectivity index is 2.08. The number of rotatable bonds is 13. The van der Waals surface area contributed by atoms with Gasteiger partial charge >= 0.3 is 6.18 Å². The van der Waals surface area contributed by atoms with Crippen LogP contribution in [0.15, 0.2) is 72.8 Å². The van der Waals surface area contributed by atoms with E-state index in [0.29, 0.717) is 28.9 Å². The first-order chi connectivity index (χ1) is 20.2. The maximum atomic E-state index is 14.0. The van der Waals surface area contributed by atoms with Gasteiger partial charge in [0.2, 0.25) is 21.8 Å². The zero-order valence-electron chi connectivity index (χ0n) is 23.6. The molecule has 0 unspecified atom stereocenters. The van der Waals surface area contributed by atoms with E-state index in [1.165, 1.54) is 23.1 Å². The van der Waals surface area contributed by atoms with Crippen LogP contribution < -0.4 is 9.62 Å². The van der Waals surface area contributed by atoms with E-state index in [2.05, 4.69) is 5.32 Å². The highest BCUT2D eigenvalue weighted by molar-refractivity contribution is 7.92. The van der Waals surface area contributed by atoms with Crippen LogP contribution in [0.2, 0.25) is 10.0 Å². The predicted molar refractivity (Wildman–Crippen MR) is 162 cm³/mol. The number of alkyl halides is 3. The standard InChI is InChI=1S/C30H32Cl2F3N3O4S/c1-3-4-15-36-29(40)27(17-21-9-6-5-7-10-21)37(19-22-13-14-25(31)26(32)16-22)28(39)20-38(43(2,41)42)24-12-8-11-23(18-24)30(33,34)35/h5-14,16,18,27H,3-4,15,17,19-20H2,1-2H3,(H,36,40)/t27-/m1/s1. The lowest BCUT2D eigenvalue weighted by molar-refractivity contribution is -0.140. The summed E-state index contributed by atoms with van der Waals surface area (Å²) in [5.41, 5.74) is -0.168. The van der Waals surface area contributed by atoms with Crippen molar-refractivity contribution in [3.8, 4) is 0 Å². The average molecular weight is 659 g/mol. The number of unbranched alkanes of at least 4 members (excludes halogenated alkanes) is 1. The molecule has 0 aliphatic heterocycles. The highest BCUT2D eigenvalue weighted by Gasteiger charge is 2.35. The van der Waals surface area contributed by atoms with Gasteiger partial charge in [-0.2, -0.15) is 13.2 Å². The molecule has 0 aromatic heterocycles. The molecule has 0 spiro atoms. The van der Waals surface area contributed by atoms with E-state index >= 15 is 0 Å². The molecule has 0 saturated carbocycles. The number of amides is 2. The summed E-state index contributed by atoms with van der Waals surface area (Å²) >= 11 is 12.3. The van der Waals surface area contributed by atoms with Gasteiger partial charge in [0.25, 0.3) is 0 Å². The van der Waals surface area contributed by atoms with E-state index < -0.39 is 46.2 Å². The summed E-state index contributed by atoms with van der Waals surface area (Å²) < 4.78 is 66.6. The van der Waals surface area contributed by atoms with E-state index in [0.717, 1.165) is 30.4 Å². The summed E-state index contributed by atoms with van der Waals surface area (Å²) in [5.74, 6) is -1.27. The van der Waals surface area contributed by atoms with Gasteiger partial charge in [-0.25, -0.2) is 8.42 Å². The molecule has 3 aromatic carbocycles. The van der Waals surface area contributed by atoms with Gasteiger partial charge in [0, 0.05) is 19.5 Å². The minimum Gasteiger partial charge on any atom is -0.354 e. The van der Waals surface area contributed by atoms with Gasteiger partial charge in [-0.15, -0.1) is 0 Å². The fourth-order valence-electron chi connectivity index (χ4n) is 4.35. The van der Waals surface area contributed by atoms with E-state index in [9.17, 15) is 31.2 Å². The lowest BCUT2D eigenvalue weighted by Crippen LogP contribution is -2.53. The zero-order chi connectivity index (χ0) is 31.8. The van der Waals surface area contributed by atoms with Crippen LogP contribution in [0.3, 0.4) is 0 Å². The third-order valence-electron chi connectivity index (χ3n) is 6.58. The molecule has 7 nitrogen and oxygen atoms in total. The van der Waals surface area contributed by atoms with Crippen molar-refractivity contribution in [2.75, 3.05) is 23.7 Å². The number of nitrogens with one attached hydrogen (secondary N) is 1. The van der Waals surface area contributed by atoms with Gasteiger partial charge in [0.05, 0.1) is 27.6 Å². The molecule has 1 atom stereocenters. The highest BCUT2D eigenvalue weighted by atomic mass is 35.5. The number of nitrogens with zero attached hydrogens (tertiary/aromatic N) is 2. The first-order valence-corrected chi connectivity index (χ1v) is 16.0. The Morgan fingerprint density at radius 2 is 1.63 bits per heavy atom. The topological polar surface area (TPSA) is 86.8 Å². The Morgan fingerprint density at radius 3 is 2.23 bits per heavy atom. The number of hydrogen-bond acceptors (Lipinski definition) is 4. The van der Waals surface area contributed by atoms with Gasteiger partial charge in [0.15, 0.2) is 0 Å². The Labute approximate surface area is 259 Å². The number of sulfonamides is 1. The van der Waals surface area contributed by atoms with Gasteiger partial charge in [-0.1, -0.05) is 79.0 Å². The number of carbonyl (C=O) groups is 2. The first kappa shape index (κ1) is 34.2. The quantitative estimate of drug-likeness (QED) is 0.218. The van der Waals surface area contributed by atoms with Crippen LogP contribution in [-0.4, -0.2) is 50.5 Å². The summed E-state index contributed by atoms with van der Waals surface area (Å²) in [7, 11) is -4.24. The van der Waals surface area contributed by atoms with Gasteiger partial charge < -0.3 is 10.2 Å². The third-order valence-corrected chi connectivity index (χ3v) is 8.46. The Bertz CT molecular complexity index is 1520. The number of benzene rings is 3. The molecule has 13 heteroatoms. The number of carbonyl (C=O) groups excluding carboxylic acids is 2. The van der Waals surface area contributed by atoms with E-state index in [-0.39, 0.29) is 28.7 Å². The number of halogens is 5. The molecule has 1 N–H and O–H groups in total. The summed E-state index contributed by atoms with van der Waals surface area (Å²) in [5, 5.41) is 3.33. The van der Waals surface area contributed by atoms with Crippen molar-refractivity contribution in [2.45, 2.75) is 44.9 Å². The molecule has 0 bridgehead atoms. The van der Waals surface area contributed by atoms with Gasteiger partial charge in [-0.3, -0.25) is 13.9 Å². The summed E-state index contributed by atoms with van der Waals surface area (Å²) in [6.45, 7) is 1.31. The normalized spacial score (nSPS) is 12.4. The van der Waals surface area contributed by atoms with Crippen molar-refractivity contribution in [2.24, 2.45) is 0 Å². The van der Waals surface area contributed by atoms with Crippen molar-refractivity contribution < 1.29 is 31.2 Å². The predicted octanol–water partition coefficient (Wildman–Crippen LogP) is 6.33. The lowest BCUT2D eigenvalue weighted by Gasteiger charge is -2.33. The number of anilines is 1. The van der Waals surface area contributed by atoms with Crippen molar-refractivity contribution in [3.63, 3.8) is 0 Å². The Morgan fingerprint density at radius 1 is 0.930 bits per heavy atom. The smallest absolute Gasteiger partial charge is 0.354 e. The van der Waals surface area contributed by atoms with Crippen molar-refractivity contribution in [1.29, 1.82) is 0 Å². The zero-order valence-corrected chi connectivity index (χ0v) is 25.9. The molecule has 0 heterocycles. The molecule has 0 radical (unpaired) electrons. The lowest BCUT2D eigenvalue weighted by atomic mass is 10.0. The van der Waals surface area contributed by atoms with Crippen LogP contribution in [0.5, 0.6) is 0 Å². The fourth-order valence-corrected chi connectivity index (χ4v) is 5.51. The second-order valence-electron chi connectivity index (χ2n) is 9.94. The molecular formula is C30H32Cl2F3N3O4S. The maximum Gasteiger partial charge on any atom is 0.416 e. The summed E-state index contributed by atoms with van der Waals surface area (Å²) in [6, 6.07) is 16.2. The van der Waals surface area contributed by atoms with Crippen molar-refractivity contribution >= 4 is 50.7 Å². The highest BCUT2D eigenvalue weighted by Crippen LogP contribution is 2.32. The molecule has 43 heavy (non-hydrogen) atoms. The molecule has 232 valence electrons. The summed E-state index contributed by atoms with van der Waals surface area (Å²) in [6.07, 6.45) is -2.34. The molecule has 3 aromatic rings. The molecule has 0 aliphatic rings. The molecular weight excluding hydrogens is 626 g/mol. The molecule has 3 rings (SSSR count). The van der Waals surface area contributed by atoms with Gasteiger partial charge in [0.1, 0.15) is 12.6 Å². The van der Waals surface area contributed by atoms with Crippen LogP contribution in [-0.2, 0) is 38.8 Å². The third kappa shape index (κ3) is 9.87. The minimum absolute atomic E-state index is 0.0916. The Hall–Kier alpha value is -3.28. The van der Waals surface area contributed by atoms with E-state index in [4.69, 9.17) is 23.2 Å². The van der Waals surface area contributed by atoms with Crippen LogP contribution in [0.25, 0.3) is 0 Å².